The number of rotatable bonds is 6. The van der Waals surface area contributed by atoms with Gasteiger partial charge in [-0.2, -0.15) is 0 Å². The molecule has 2 N–H and O–H groups in total. The Balaban J connectivity index is -0.000000367. The number of ether oxygens (including phenoxy) is 2. The monoisotopic (exact) mass is 564 g/mol. The SMILES string of the molecule is O=C(O)/C=C\C(=O)OC(=O)/C=C/C(=O)OC(=O)/C=C\C(=O)O.[Cu].[Cu].[Cu].[Cu]. The molecule has 0 spiro atoms. The summed E-state index contributed by atoms with van der Waals surface area (Å²) in [7, 11) is 0. The molecule has 10 nitrogen and oxygen atoms in total. The van der Waals surface area contributed by atoms with Crippen molar-refractivity contribution in [1.29, 1.82) is 0 Å². The first kappa shape index (κ1) is 35.6. The summed E-state index contributed by atoms with van der Waals surface area (Å²) in [6.45, 7) is 0. The Morgan fingerprint density at radius 2 is 0.654 bits per heavy atom. The van der Waals surface area contributed by atoms with Crippen molar-refractivity contribution in [3.8, 4) is 0 Å². The molecule has 26 heavy (non-hydrogen) atoms. The van der Waals surface area contributed by atoms with Crippen LogP contribution in [-0.2, 0) is 107 Å². The van der Waals surface area contributed by atoms with Crippen LogP contribution in [0.4, 0.5) is 0 Å². The van der Waals surface area contributed by atoms with Gasteiger partial charge < -0.3 is 19.7 Å². The predicted octanol–water partition coefficient (Wildman–Crippen LogP) is -1.05. The van der Waals surface area contributed by atoms with E-state index in [4.69, 9.17) is 10.2 Å². The van der Waals surface area contributed by atoms with Crippen LogP contribution in [0.2, 0.25) is 0 Å². The molecule has 160 valence electrons. The molecule has 4 radical (unpaired) electrons. The molecule has 0 saturated carbocycles. The van der Waals surface area contributed by atoms with E-state index in [-0.39, 0.29) is 68.3 Å². The molecule has 0 aliphatic heterocycles. The van der Waals surface area contributed by atoms with Crippen LogP contribution in [-0.4, -0.2) is 46.0 Å². The van der Waals surface area contributed by atoms with Crippen LogP contribution in [0.5, 0.6) is 0 Å². The van der Waals surface area contributed by atoms with Gasteiger partial charge in [-0.3, -0.25) is 0 Å². The van der Waals surface area contributed by atoms with E-state index in [1.54, 1.807) is 0 Å². The van der Waals surface area contributed by atoms with Crippen LogP contribution in [0.25, 0.3) is 0 Å². The fourth-order valence-electron chi connectivity index (χ4n) is 0.749. The Morgan fingerprint density at radius 3 is 0.846 bits per heavy atom. The smallest absolute Gasteiger partial charge is 0.338 e. The molecule has 0 unspecified atom stereocenters. The second-order valence-corrected chi connectivity index (χ2v) is 3.16. The van der Waals surface area contributed by atoms with Crippen molar-refractivity contribution in [2.75, 3.05) is 0 Å². The molecule has 14 heteroatoms. The summed E-state index contributed by atoms with van der Waals surface area (Å²) in [4.78, 5) is 63.9. The maximum atomic E-state index is 11.0. The number of esters is 4. The Kier molecular flexibility index (Phi) is 27.2. The summed E-state index contributed by atoms with van der Waals surface area (Å²) in [5, 5.41) is 16.4. The maximum absolute atomic E-state index is 11.0. The van der Waals surface area contributed by atoms with E-state index < -0.39 is 35.8 Å². The first-order valence-corrected chi connectivity index (χ1v) is 5.22. The van der Waals surface area contributed by atoms with Gasteiger partial charge in [-0.25, -0.2) is 28.8 Å². The molecule has 0 bridgehead atoms. The van der Waals surface area contributed by atoms with E-state index in [0.29, 0.717) is 36.5 Å². The summed E-state index contributed by atoms with van der Waals surface area (Å²) in [6, 6.07) is 0. The van der Waals surface area contributed by atoms with Crippen LogP contribution in [0, 0.1) is 0 Å². The Hall–Kier alpha value is -1.48. The summed E-state index contributed by atoms with van der Waals surface area (Å²) >= 11 is 0. The molecule has 0 aromatic carbocycles. The standard InChI is InChI=1S/C12H8O10.4Cu/c13-7(14)1-3-9(17)21-11(19)5-6-12(20)22-10(18)4-2-8(15)16;;;;/h1-6H,(H,13,14)(H,15,16);;;;/b3-1-,4-2-,6-5+;;;;. The van der Waals surface area contributed by atoms with Crippen LogP contribution >= 0.6 is 0 Å². The zero-order valence-electron chi connectivity index (χ0n) is 11.8. The molecule has 0 saturated heterocycles. The molecular formula is C12H8Cu4O10. The van der Waals surface area contributed by atoms with E-state index >= 15 is 0 Å². The second-order valence-electron chi connectivity index (χ2n) is 3.16. The first-order chi connectivity index (χ1) is 10.2. The second kappa shape index (κ2) is 19.8. The molecule has 0 aromatic heterocycles. The van der Waals surface area contributed by atoms with Gasteiger partial charge in [-0.05, 0) is 0 Å². The minimum absolute atomic E-state index is 0. The fourth-order valence-corrected chi connectivity index (χ4v) is 0.749. The van der Waals surface area contributed by atoms with Gasteiger partial charge in [0.1, 0.15) is 0 Å². The zero-order chi connectivity index (χ0) is 17.1. The van der Waals surface area contributed by atoms with Gasteiger partial charge in [0.05, 0.1) is 0 Å². The average molecular weight is 566 g/mol. The van der Waals surface area contributed by atoms with Crippen LogP contribution in [0.15, 0.2) is 36.5 Å². The maximum Gasteiger partial charge on any atom is 0.338 e. The van der Waals surface area contributed by atoms with Gasteiger partial charge in [0.15, 0.2) is 0 Å². The number of hydrogen-bond acceptors (Lipinski definition) is 8. The van der Waals surface area contributed by atoms with Gasteiger partial charge in [0.25, 0.3) is 0 Å². The Bertz CT molecular complexity index is 557. The largest absolute Gasteiger partial charge is 0.478 e. The number of hydrogen-bond donors (Lipinski definition) is 2. The van der Waals surface area contributed by atoms with Gasteiger partial charge in [-0.1, -0.05) is 0 Å². The van der Waals surface area contributed by atoms with Crippen molar-refractivity contribution >= 4 is 35.8 Å². The Morgan fingerprint density at radius 1 is 0.462 bits per heavy atom. The number of carbonyl (C=O) groups is 6. The van der Waals surface area contributed by atoms with Crippen molar-refractivity contribution in [3.63, 3.8) is 0 Å². The van der Waals surface area contributed by atoms with E-state index in [1.807, 2.05) is 0 Å². The van der Waals surface area contributed by atoms with Crippen LogP contribution in [0.1, 0.15) is 0 Å². The Labute approximate surface area is 188 Å². The van der Waals surface area contributed by atoms with Crippen LogP contribution < -0.4 is 0 Å². The summed E-state index contributed by atoms with van der Waals surface area (Å²) in [5.74, 6) is -8.07. The van der Waals surface area contributed by atoms with Crippen molar-refractivity contribution in [3.05, 3.63) is 36.5 Å². The van der Waals surface area contributed by atoms with Crippen LogP contribution in [0.3, 0.4) is 0 Å². The molecular weight excluding hydrogens is 558 g/mol. The van der Waals surface area contributed by atoms with E-state index in [1.165, 1.54) is 0 Å². The van der Waals surface area contributed by atoms with Gasteiger partial charge in [-0.15, -0.1) is 0 Å². The van der Waals surface area contributed by atoms with Crippen molar-refractivity contribution < 1.29 is 117 Å². The quantitative estimate of drug-likeness (QED) is 0.176. The third-order valence-corrected chi connectivity index (χ3v) is 1.48. The van der Waals surface area contributed by atoms with E-state index in [0.717, 1.165) is 0 Å². The molecule has 0 rings (SSSR count). The zero-order valence-corrected chi connectivity index (χ0v) is 15.6. The third-order valence-electron chi connectivity index (χ3n) is 1.48. The van der Waals surface area contributed by atoms with Crippen molar-refractivity contribution in [1.82, 2.24) is 0 Å². The van der Waals surface area contributed by atoms with Gasteiger partial charge in [0, 0.05) is 105 Å². The van der Waals surface area contributed by atoms with Crippen molar-refractivity contribution in [2.24, 2.45) is 0 Å². The number of carbonyl (C=O) groups excluding carboxylic acids is 4. The molecule has 0 atom stereocenters. The molecule has 0 aliphatic rings. The molecule has 0 aromatic rings. The fraction of sp³-hybridized carbons (Fsp3) is 0. The molecule has 0 fully saturated rings. The van der Waals surface area contributed by atoms with Gasteiger partial charge in [0.2, 0.25) is 0 Å². The summed E-state index contributed by atoms with van der Waals surface area (Å²) < 4.78 is 8.07. The van der Waals surface area contributed by atoms with Crippen molar-refractivity contribution in [2.45, 2.75) is 0 Å². The minimum atomic E-state index is -1.43. The summed E-state index contributed by atoms with van der Waals surface area (Å²) in [6.07, 6.45) is 2.69. The van der Waals surface area contributed by atoms with E-state index in [2.05, 4.69) is 9.47 Å². The van der Waals surface area contributed by atoms with E-state index in [9.17, 15) is 28.8 Å². The topological polar surface area (TPSA) is 161 Å². The number of carboxylic acid groups (broad SMARTS) is 2. The summed E-state index contributed by atoms with van der Waals surface area (Å²) in [5.41, 5.74) is 0. The normalized spacial score (nSPS) is 9.08. The average Bonchev–Trinajstić information content (AvgIpc) is 2.40. The van der Waals surface area contributed by atoms with Gasteiger partial charge >= 0.3 is 35.8 Å². The number of carboxylic acids is 2. The minimum Gasteiger partial charge on any atom is -0.478 e. The first-order valence-electron chi connectivity index (χ1n) is 5.22. The molecule has 0 amide bonds. The molecule has 0 aliphatic carbocycles. The predicted molar refractivity (Wildman–Crippen MR) is 64.9 cm³/mol. The third kappa shape index (κ3) is 22.5. The number of aliphatic carboxylic acids is 2. The molecule has 0 heterocycles.